The number of benzene rings is 2. The molecule has 0 amide bonds. The van der Waals surface area contributed by atoms with Crippen LogP contribution < -0.4 is 5.73 Å². The van der Waals surface area contributed by atoms with E-state index >= 15 is 0 Å². The van der Waals surface area contributed by atoms with Crippen LogP contribution in [0.15, 0.2) is 48.5 Å². The Kier molecular flexibility index (Phi) is 5.37. The Bertz CT molecular complexity index is 597. The van der Waals surface area contributed by atoms with Gasteiger partial charge in [-0.3, -0.25) is 4.90 Å². The van der Waals surface area contributed by atoms with Gasteiger partial charge in [0.15, 0.2) is 0 Å². The fourth-order valence-corrected chi connectivity index (χ4v) is 4.10. The minimum atomic E-state index is -0.00514. The number of likely N-dealkylation sites (tertiary alicyclic amines) is 1. The van der Waals surface area contributed by atoms with Crippen LogP contribution in [-0.2, 0) is 5.54 Å². The maximum absolute atomic E-state index is 5.82. The van der Waals surface area contributed by atoms with Crippen LogP contribution >= 0.6 is 0 Å². The molecule has 2 nitrogen and oxygen atoms in total. The van der Waals surface area contributed by atoms with E-state index in [-0.39, 0.29) is 5.54 Å². The van der Waals surface area contributed by atoms with E-state index in [4.69, 9.17) is 5.73 Å². The third-order valence-corrected chi connectivity index (χ3v) is 5.45. The van der Waals surface area contributed by atoms with Crippen LogP contribution in [0, 0.1) is 13.8 Å². The molecule has 0 saturated carbocycles. The summed E-state index contributed by atoms with van der Waals surface area (Å²) < 4.78 is 0. The first-order valence-electron chi connectivity index (χ1n) is 9.26. The molecule has 0 atom stereocenters. The van der Waals surface area contributed by atoms with E-state index < -0.39 is 0 Å². The standard InChI is InChI=1S/C22H30N2/c1-18-6-10-20(11-7-18)22(21-12-8-19(2)9-13-21)14-3-4-16-24(22)17-5-15-23/h6-13H,3-5,14-17,23H2,1-2H3. The number of piperidine rings is 1. The van der Waals surface area contributed by atoms with Crippen LogP contribution in [0.3, 0.4) is 0 Å². The van der Waals surface area contributed by atoms with Crippen molar-refractivity contribution in [3.63, 3.8) is 0 Å². The molecule has 1 saturated heterocycles. The molecule has 2 N–H and O–H groups in total. The van der Waals surface area contributed by atoms with Gasteiger partial charge in [-0.15, -0.1) is 0 Å². The second kappa shape index (κ2) is 7.50. The molecule has 1 aliphatic heterocycles. The van der Waals surface area contributed by atoms with Gasteiger partial charge in [0.2, 0.25) is 0 Å². The average Bonchev–Trinajstić information content (AvgIpc) is 2.61. The second-order valence-electron chi connectivity index (χ2n) is 7.18. The Morgan fingerprint density at radius 2 is 1.42 bits per heavy atom. The van der Waals surface area contributed by atoms with Gasteiger partial charge in [0.25, 0.3) is 0 Å². The summed E-state index contributed by atoms with van der Waals surface area (Å²) in [6.45, 7) is 7.30. The number of rotatable bonds is 5. The summed E-state index contributed by atoms with van der Waals surface area (Å²) in [7, 11) is 0. The van der Waals surface area contributed by atoms with Crippen molar-refractivity contribution in [1.82, 2.24) is 4.90 Å². The summed E-state index contributed by atoms with van der Waals surface area (Å²) in [6, 6.07) is 18.3. The lowest BCUT2D eigenvalue weighted by Gasteiger charge is -2.48. The molecule has 0 bridgehead atoms. The molecule has 0 aromatic heterocycles. The lowest BCUT2D eigenvalue weighted by molar-refractivity contribution is 0.0768. The Morgan fingerprint density at radius 3 is 1.92 bits per heavy atom. The summed E-state index contributed by atoms with van der Waals surface area (Å²) in [4.78, 5) is 2.68. The zero-order valence-electron chi connectivity index (χ0n) is 15.1. The van der Waals surface area contributed by atoms with Gasteiger partial charge in [-0.1, -0.05) is 59.7 Å². The molecule has 1 aliphatic rings. The highest BCUT2D eigenvalue weighted by Gasteiger charge is 2.41. The van der Waals surface area contributed by atoms with Gasteiger partial charge in [-0.25, -0.2) is 0 Å². The number of nitrogens with two attached hydrogens (primary N) is 1. The number of hydrogen-bond donors (Lipinski definition) is 1. The predicted octanol–water partition coefficient (Wildman–Crippen LogP) is 4.38. The van der Waals surface area contributed by atoms with Crippen molar-refractivity contribution in [1.29, 1.82) is 0 Å². The van der Waals surface area contributed by atoms with Crippen molar-refractivity contribution in [2.45, 2.75) is 45.1 Å². The molecular weight excluding hydrogens is 292 g/mol. The Morgan fingerprint density at radius 1 is 0.875 bits per heavy atom. The van der Waals surface area contributed by atoms with Crippen LogP contribution in [0.4, 0.5) is 0 Å². The van der Waals surface area contributed by atoms with E-state index in [1.165, 1.54) is 41.5 Å². The molecule has 0 unspecified atom stereocenters. The summed E-state index contributed by atoms with van der Waals surface area (Å²) in [5.74, 6) is 0. The molecule has 2 aromatic carbocycles. The highest BCUT2D eigenvalue weighted by Crippen LogP contribution is 2.43. The fraction of sp³-hybridized carbons (Fsp3) is 0.455. The largest absolute Gasteiger partial charge is 0.330 e. The molecule has 1 fully saturated rings. The minimum Gasteiger partial charge on any atom is -0.330 e. The number of nitrogens with zero attached hydrogens (tertiary/aromatic N) is 1. The van der Waals surface area contributed by atoms with E-state index in [9.17, 15) is 0 Å². The van der Waals surface area contributed by atoms with Crippen LogP contribution in [-0.4, -0.2) is 24.5 Å². The van der Waals surface area contributed by atoms with E-state index in [0.29, 0.717) is 0 Å². The van der Waals surface area contributed by atoms with Crippen molar-refractivity contribution < 1.29 is 0 Å². The number of aryl methyl sites for hydroxylation is 2. The van der Waals surface area contributed by atoms with E-state index in [0.717, 1.165) is 26.1 Å². The first-order valence-corrected chi connectivity index (χ1v) is 9.26. The topological polar surface area (TPSA) is 29.3 Å². The number of hydrogen-bond acceptors (Lipinski definition) is 2. The van der Waals surface area contributed by atoms with Crippen molar-refractivity contribution in [3.05, 3.63) is 70.8 Å². The molecule has 0 spiro atoms. The third kappa shape index (κ3) is 3.26. The summed E-state index contributed by atoms with van der Waals surface area (Å²) in [5, 5.41) is 0. The maximum atomic E-state index is 5.82. The van der Waals surface area contributed by atoms with E-state index in [2.05, 4.69) is 67.3 Å². The smallest absolute Gasteiger partial charge is 0.0715 e. The lowest BCUT2D eigenvalue weighted by atomic mass is 9.74. The highest BCUT2D eigenvalue weighted by molar-refractivity contribution is 5.41. The molecule has 24 heavy (non-hydrogen) atoms. The van der Waals surface area contributed by atoms with E-state index in [1.54, 1.807) is 0 Å². The summed E-state index contributed by atoms with van der Waals surface area (Å²) in [5.41, 5.74) is 11.3. The van der Waals surface area contributed by atoms with Crippen molar-refractivity contribution in [3.8, 4) is 0 Å². The SMILES string of the molecule is Cc1ccc(C2(c3ccc(C)cc3)CCCCN2CCCN)cc1. The van der Waals surface area contributed by atoms with Crippen molar-refractivity contribution >= 4 is 0 Å². The molecular formula is C22H30N2. The predicted molar refractivity (Wildman–Crippen MR) is 102 cm³/mol. The molecule has 0 radical (unpaired) electrons. The molecule has 2 heteroatoms. The third-order valence-electron chi connectivity index (χ3n) is 5.45. The van der Waals surface area contributed by atoms with Gasteiger partial charge in [0.05, 0.1) is 5.54 Å². The average molecular weight is 322 g/mol. The van der Waals surface area contributed by atoms with Gasteiger partial charge in [-0.05, 0) is 63.7 Å². The first kappa shape index (κ1) is 17.2. The second-order valence-corrected chi connectivity index (χ2v) is 7.18. The van der Waals surface area contributed by atoms with Gasteiger partial charge in [0.1, 0.15) is 0 Å². The van der Waals surface area contributed by atoms with Crippen LogP contribution in [0.25, 0.3) is 0 Å². The minimum absolute atomic E-state index is 0.00514. The van der Waals surface area contributed by atoms with Crippen LogP contribution in [0.2, 0.25) is 0 Å². The molecule has 3 rings (SSSR count). The molecule has 128 valence electrons. The van der Waals surface area contributed by atoms with Crippen LogP contribution in [0.5, 0.6) is 0 Å². The van der Waals surface area contributed by atoms with Gasteiger partial charge < -0.3 is 5.73 Å². The molecule has 1 heterocycles. The normalized spacial score (nSPS) is 17.8. The Hall–Kier alpha value is -1.64. The highest BCUT2D eigenvalue weighted by atomic mass is 15.2. The monoisotopic (exact) mass is 322 g/mol. The van der Waals surface area contributed by atoms with Crippen molar-refractivity contribution in [2.24, 2.45) is 5.73 Å². The maximum Gasteiger partial charge on any atom is 0.0715 e. The summed E-state index contributed by atoms with van der Waals surface area (Å²) >= 11 is 0. The Labute approximate surface area is 146 Å². The first-order chi connectivity index (χ1) is 11.7. The van der Waals surface area contributed by atoms with Crippen LogP contribution in [0.1, 0.15) is 47.9 Å². The lowest BCUT2D eigenvalue weighted by Crippen LogP contribution is -2.50. The zero-order chi connectivity index (χ0) is 17.0. The quantitative estimate of drug-likeness (QED) is 0.885. The Balaban J connectivity index is 2.11. The van der Waals surface area contributed by atoms with Gasteiger partial charge >= 0.3 is 0 Å². The van der Waals surface area contributed by atoms with Crippen molar-refractivity contribution in [2.75, 3.05) is 19.6 Å². The van der Waals surface area contributed by atoms with Gasteiger partial charge in [0, 0.05) is 6.54 Å². The molecule has 2 aromatic rings. The van der Waals surface area contributed by atoms with Gasteiger partial charge in [-0.2, -0.15) is 0 Å². The zero-order valence-corrected chi connectivity index (χ0v) is 15.1. The van der Waals surface area contributed by atoms with E-state index in [1.807, 2.05) is 0 Å². The molecule has 0 aliphatic carbocycles. The fourth-order valence-electron chi connectivity index (χ4n) is 4.10. The summed E-state index contributed by atoms with van der Waals surface area (Å²) in [6.07, 6.45) is 4.80.